The van der Waals surface area contributed by atoms with E-state index in [1.165, 1.54) is 0 Å². The first-order valence-corrected chi connectivity index (χ1v) is 6.17. The van der Waals surface area contributed by atoms with E-state index in [2.05, 4.69) is 10.4 Å². The third kappa shape index (κ3) is 3.36. The minimum absolute atomic E-state index is 0.157. The third-order valence-corrected chi connectivity index (χ3v) is 2.61. The minimum atomic E-state index is -0.298. The molecule has 0 spiro atoms. The minimum Gasteiger partial charge on any atom is -0.482 e. The van der Waals surface area contributed by atoms with Crippen LogP contribution in [0.3, 0.4) is 0 Å². The van der Waals surface area contributed by atoms with Crippen molar-refractivity contribution in [3.05, 3.63) is 42.2 Å². The number of nitrogens with one attached hydrogen (secondary N) is 1. The normalized spacial score (nSPS) is 9.80. The molecule has 1 N–H and O–H groups in total. The fraction of sp³-hybridized carbons (Fsp3) is 0.214. The molecule has 6 heteroatoms. The van der Waals surface area contributed by atoms with Gasteiger partial charge in [-0.05, 0) is 19.1 Å². The van der Waals surface area contributed by atoms with Crippen molar-refractivity contribution >= 4 is 11.6 Å². The molecule has 1 amide bonds. The Hall–Kier alpha value is -2.81. The van der Waals surface area contributed by atoms with Crippen LogP contribution in [0.15, 0.2) is 36.7 Å². The van der Waals surface area contributed by atoms with Crippen molar-refractivity contribution in [1.82, 2.24) is 9.78 Å². The second kappa shape index (κ2) is 6.38. The summed E-state index contributed by atoms with van der Waals surface area (Å²) in [6.07, 6.45) is 3.31. The van der Waals surface area contributed by atoms with E-state index in [4.69, 9.17) is 10.00 Å². The standard InChI is InChI=1S/C14H14N4O2/c1-2-18-9-12(8-16-18)17-14(19)10-20-13-6-4-3-5-11(13)7-15/h3-6,8-9H,2,10H2,1H3,(H,17,19). The molecule has 2 aromatic rings. The van der Waals surface area contributed by atoms with Gasteiger partial charge in [0, 0.05) is 12.7 Å². The number of carbonyl (C=O) groups is 1. The van der Waals surface area contributed by atoms with Gasteiger partial charge in [-0.25, -0.2) is 0 Å². The summed E-state index contributed by atoms with van der Waals surface area (Å²) in [6, 6.07) is 8.79. The van der Waals surface area contributed by atoms with E-state index in [1.54, 1.807) is 41.3 Å². The first kappa shape index (κ1) is 13.6. The van der Waals surface area contributed by atoms with Crippen molar-refractivity contribution in [3.63, 3.8) is 0 Å². The van der Waals surface area contributed by atoms with Gasteiger partial charge in [-0.15, -0.1) is 0 Å². The predicted octanol–water partition coefficient (Wildman–Crippen LogP) is 1.79. The summed E-state index contributed by atoms with van der Waals surface area (Å²) >= 11 is 0. The molecule has 0 radical (unpaired) electrons. The van der Waals surface area contributed by atoms with Crippen LogP contribution in [-0.4, -0.2) is 22.3 Å². The zero-order chi connectivity index (χ0) is 14.4. The highest BCUT2D eigenvalue weighted by Gasteiger charge is 2.07. The molecule has 0 aliphatic carbocycles. The average molecular weight is 270 g/mol. The van der Waals surface area contributed by atoms with Crippen LogP contribution >= 0.6 is 0 Å². The van der Waals surface area contributed by atoms with Crippen molar-refractivity contribution < 1.29 is 9.53 Å². The Morgan fingerprint density at radius 2 is 2.30 bits per heavy atom. The van der Waals surface area contributed by atoms with E-state index in [9.17, 15) is 4.79 Å². The van der Waals surface area contributed by atoms with E-state index in [-0.39, 0.29) is 12.5 Å². The Morgan fingerprint density at radius 1 is 1.50 bits per heavy atom. The number of amides is 1. The second-order valence-corrected chi connectivity index (χ2v) is 4.03. The van der Waals surface area contributed by atoms with E-state index >= 15 is 0 Å². The molecule has 1 heterocycles. The molecule has 0 saturated heterocycles. The lowest BCUT2D eigenvalue weighted by Crippen LogP contribution is -2.20. The number of ether oxygens (including phenoxy) is 1. The molecular weight excluding hydrogens is 256 g/mol. The number of anilines is 1. The van der Waals surface area contributed by atoms with Crippen molar-refractivity contribution in [1.29, 1.82) is 5.26 Å². The largest absolute Gasteiger partial charge is 0.482 e. The monoisotopic (exact) mass is 270 g/mol. The summed E-state index contributed by atoms with van der Waals surface area (Å²) in [6.45, 7) is 2.54. The SMILES string of the molecule is CCn1cc(NC(=O)COc2ccccc2C#N)cn1. The van der Waals surface area contributed by atoms with Gasteiger partial charge in [0.15, 0.2) is 6.61 Å². The Bertz CT molecular complexity index is 643. The number of hydrogen-bond donors (Lipinski definition) is 1. The van der Waals surface area contributed by atoms with Gasteiger partial charge in [-0.2, -0.15) is 10.4 Å². The molecule has 1 aromatic carbocycles. The molecule has 0 bridgehead atoms. The number of nitrogens with zero attached hydrogens (tertiary/aromatic N) is 3. The van der Waals surface area contributed by atoms with Gasteiger partial charge in [0.2, 0.25) is 0 Å². The average Bonchev–Trinajstić information content (AvgIpc) is 2.93. The maximum atomic E-state index is 11.7. The van der Waals surface area contributed by atoms with E-state index in [1.807, 2.05) is 13.0 Å². The number of carbonyl (C=O) groups excluding carboxylic acids is 1. The van der Waals surface area contributed by atoms with Crippen LogP contribution < -0.4 is 10.1 Å². The highest BCUT2D eigenvalue weighted by molar-refractivity contribution is 5.91. The van der Waals surface area contributed by atoms with E-state index in [0.29, 0.717) is 17.0 Å². The van der Waals surface area contributed by atoms with Crippen LogP contribution in [0.5, 0.6) is 5.75 Å². The number of aromatic nitrogens is 2. The van der Waals surface area contributed by atoms with Gasteiger partial charge in [0.25, 0.3) is 5.91 Å². The number of rotatable bonds is 5. The molecule has 0 saturated carbocycles. The highest BCUT2D eigenvalue weighted by atomic mass is 16.5. The summed E-state index contributed by atoms with van der Waals surface area (Å²) in [5, 5.41) is 15.6. The number of hydrogen-bond acceptors (Lipinski definition) is 4. The lowest BCUT2D eigenvalue weighted by atomic mass is 10.2. The van der Waals surface area contributed by atoms with Crippen molar-refractivity contribution in [3.8, 4) is 11.8 Å². The predicted molar refractivity (Wildman–Crippen MR) is 73.2 cm³/mol. The highest BCUT2D eigenvalue weighted by Crippen LogP contribution is 2.16. The molecule has 1 aromatic heterocycles. The fourth-order valence-corrected chi connectivity index (χ4v) is 1.63. The third-order valence-electron chi connectivity index (χ3n) is 2.61. The summed E-state index contributed by atoms with van der Waals surface area (Å²) < 4.78 is 7.04. The number of nitriles is 1. The first-order chi connectivity index (χ1) is 9.72. The molecular formula is C14H14N4O2. The summed E-state index contributed by atoms with van der Waals surface area (Å²) in [7, 11) is 0. The molecule has 6 nitrogen and oxygen atoms in total. The second-order valence-electron chi connectivity index (χ2n) is 4.03. The maximum Gasteiger partial charge on any atom is 0.262 e. The Morgan fingerprint density at radius 3 is 3.00 bits per heavy atom. The zero-order valence-electron chi connectivity index (χ0n) is 11.0. The van der Waals surface area contributed by atoms with Crippen LogP contribution in [0.25, 0.3) is 0 Å². The Kier molecular flexibility index (Phi) is 4.35. The van der Waals surface area contributed by atoms with Crippen LogP contribution in [0.4, 0.5) is 5.69 Å². The number of para-hydroxylation sites is 1. The van der Waals surface area contributed by atoms with Crippen molar-refractivity contribution in [2.75, 3.05) is 11.9 Å². The molecule has 20 heavy (non-hydrogen) atoms. The number of benzene rings is 1. The lowest BCUT2D eigenvalue weighted by molar-refractivity contribution is -0.118. The molecule has 0 aliphatic rings. The Balaban J connectivity index is 1.91. The lowest BCUT2D eigenvalue weighted by Gasteiger charge is -2.07. The van der Waals surface area contributed by atoms with Crippen LogP contribution in [-0.2, 0) is 11.3 Å². The molecule has 0 aliphatic heterocycles. The van der Waals surface area contributed by atoms with E-state index in [0.717, 1.165) is 6.54 Å². The maximum absolute atomic E-state index is 11.7. The van der Waals surface area contributed by atoms with Gasteiger partial charge in [0.05, 0.1) is 17.4 Å². The molecule has 0 unspecified atom stereocenters. The molecule has 0 atom stereocenters. The summed E-state index contributed by atoms with van der Waals surface area (Å²) in [5.74, 6) is 0.0998. The summed E-state index contributed by atoms with van der Waals surface area (Å²) in [5.41, 5.74) is 1.02. The smallest absolute Gasteiger partial charge is 0.262 e. The topological polar surface area (TPSA) is 79.9 Å². The van der Waals surface area contributed by atoms with Crippen molar-refractivity contribution in [2.24, 2.45) is 0 Å². The van der Waals surface area contributed by atoms with E-state index < -0.39 is 0 Å². The Labute approximate surface area is 116 Å². The van der Waals surface area contributed by atoms with Gasteiger partial charge in [-0.3, -0.25) is 9.48 Å². The van der Waals surface area contributed by atoms with Gasteiger partial charge >= 0.3 is 0 Å². The first-order valence-electron chi connectivity index (χ1n) is 6.17. The summed E-state index contributed by atoms with van der Waals surface area (Å²) in [4.78, 5) is 11.7. The van der Waals surface area contributed by atoms with Crippen LogP contribution in [0.1, 0.15) is 12.5 Å². The van der Waals surface area contributed by atoms with Crippen LogP contribution in [0, 0.1) is 11.3 Å². The molecule has 102 valence electrons. The van der Waals surface area contributed by atoms with Crippen LogP contribution in [0.2, 0.25) is 0 Å². The van der Waals surface area contributed by atoms with Gasteiger partial charge < -0.3 is 10.1 Å². The molecule has 2 rings (SSSR count). The fourth-order valence-electron chi connectivity index (χ4n) is 1.63. The zero-order valence-corrected chi connectivity index (χ0v) is 11.0. The van der Waals surface area contributed by atoms with Gasteiger partial charge in [-0.1, -0.05) is 12.1 Å². The molecule has 0 fully saturated rings. The van der Waals surface area contributed by atoms with Crippen molar-refractivity contribution in [2.45, 2.75) is 13.5 Å². The quantitative estimate of drug-likeness (QED) is 0.898. The number of aryl methyl sites for hydroxylation is 1. The van der Waals surface area contributed by atoms with Gasteiger partial charge in [0.1, 0.15) is 11.8 Å².